The Kier molecular flexibility index (Phi) is 4.61. The Morgan fingerprint density at radius 3 is 2.59 bits per heavy atom. The Labute approximate surface area is 164 Å². The van der Waals surface area contributed by atoms with Crippen molar-refractivity contribution in [3.8, 4) is 0 Å². The maximum atomic E-state index is 13.3. The maximum absolute atomic E-state index is 13.3. The van der Waals surface area contributed by atoms with Gasteiger partial charge < -0.3 is 14.1 Å². The van der Waals surface area contributed by atoms with Crippen LogP contribution in [-0.4, -0.2) is 31.1 Å². The lowest BCUT2D eigenvalue weighted by atomic mass is 9.98. The molecule has 0 saturated carbocycles. The second-order valence-electron chi connectivity index (χ2n) is 6.62. The average molecular weight is 428 g/mol. The second kappa shape index (κ2) is 6.94. The molecule has 138 valence electrons. The summed E-state index contributed by atoms with van der Waals surface area (Å²) in [5.41, 5.74) is 2.50. The van der Waals surface area contributed by atoms with Gasteiger partial charge in [0.05, 0.1) is 23.6 Å². The van der Waals surface area contributed by atoms with Gasteiger partial charge in [-0.1, -0.05) is 39.7 Å². The minimum Gasteiger partial charge on any atom is -0.450 e. The van der Waals surface area contributed by atoms with E-state index in [0.717, 1.165) is 15.6 Å². The van der Waals surface area contributed by atoms with Crippen molar-refractivity contribution in [3.05, 3.63) is 79.6 Å². The number of hydrogen-bond donors (Lipinski definition) is 0. The number of carbonyl (C=O) groups excluding carboxylic acids is 1. The van der Waals surface area contributed by atoms with Crippen molar-refractivity contribution in [3.63, 3.8) is 0 Å². The van der Waals surface area contributed by atoms with E-state index < -0.39 is 6.04 Å². The highest BCUT2D eigenvalue weighted by Gasteiger charge is 2.42. The highest BCUT2D eigenvalue weighted by molar-refractivity contribution is 9.10. The van der Waals surface area contributed by atoms with Gasteiger partial charge in [0.2, 0.25) is 5.76 Å². The van der Waals surface area contributed by atoms with E-state index in [1.165, 1.54) is 0 Å². The van der Waals surface area contributed by atoms with E-state index in [4.69, 9.17) is 9.15 Å². The summed E-state index contributed by atoms with van der Waals surface area (Å²) in [5.74, 6) is -0.157. The summed E-state index contributed by atoms with van der Waals surface area (Å²) in [6.45, 7) is 2.67. The first-order valence-electron chi connectivity index (χ1n) is 8.64. The first-order valence-corrected chi connectivity index (χ1v) is 9.43. The van der Waals surface area contributed by atoms with Gasteiger partial charge in [-0.15, -0.1) is 0 Å². The average Bonchev–Trinajstić information content (AvgIpc) is 2.94. The standard InChI is InChI=1S/C21H18BrNO4/c1-12-3-8-16-15(11-12)19(24)17-18(13-4-6-14(22)7-5-13)23(9-10-26-2)21(25)20(17)27-16/h3-8,11,18H,9-10H2,1-2H3. The van der Waals surface area contributed by atoms with Crippen LogP contribution in [0, 0.1) is 6.92 Å². The number of carbonyl (C=O) groups is 1. The van der Waals surface area contributed by atoms with Gasteiger partial charge in [0.1, 0.15) is 5.58 Å². The van der Waals surface area contributed by atoms with Crippen LogP contribution in [0.2, 0.25) is 0 Å². The van der Waals surface area contributed by atoms with Gasteiger partial charge in [-0.2, -0.15) is 0 Å². The number of fused-ring (bicyclic) bond motifs is 2. The predicted molar refractivity (Wildman–Crippen MR) is 106 cm³/mol. The monoisotopic (exact) mass is 427 g/mol. The Morgan fingerprint density at radius 2 is 1.89 bits per heavy atom. The van der Waals surface area contributed by atoms with Crippen molar-refractivity contribution >= 4 is 32.8 Å². The SMILES string of the molecule is COCCN1C(=O)c2oc3ccc(C)cc3c(=O)c2C1c1ccc(Br)cc1. The first kappa shape index (κ1) is 17.9. The van der Waals surface area contributed by atoms with Crippen molar-refractivity contribution in [1.82, 2.24) is 4.90 Å². The number of aryl methyl sites for hydroxylation is 1. The summed E-state index contributed by atoms with van der Waals surface area (Å²) in [5, 5.41) is 0.497. The molecule has 0 spiro atoms. The summed E-state index contributed by atoms with van der Waals surface area (Å²) in [6.07, 6.45) is 0. The second-order valence-corrected chi connectivity index (χ2v) is 7.53. The zero-order valence-electron chi connectivity index (χ0n) is 15.0. The largest absolute Gasteiger partial charge is 0.450 e. The summed E-state index contributed by atoms with van der Waals surface area (Å²) < 4.78 is 12.0. The molecule has 0 radical (unpaired) electrons. The van der Waals surface area contributed by atoms with Gasteiger partial charge in [0, 0.05) is 18.1 Å². The van der Waals surface area contributed by atoms with E-state index >= 15 is 0 Å². The van der Waals surface area contributed by atoms with Gasteiger partial charge >= 0.3 is 0 Å². The number of amides is 1. The quantitative estimate of drug-likeness (QED) is 0.629. The van der Waals surface area contributed by atoms with Crippen LogP contribution in [0.4, 0.5) is 0 Å². The molecule has 2 aromatic carbocycles. The topological polar surface area (TPSA) is 59.8 Å². The van der Waals surface area contributed by atoms with E-state index in [9.17, 15) is 9.59 Å². The van der Waals surface area contributed by atoms with Gasteiger partial charge in [0.15, 0.2) is 5.43 Å². The van der Waals surface area contributed by atoms with Gasteiger partial charge in [-0.05, 0) is 36.8 Å². The molecule has 0 aliphatic carbocycles. The number of hydrogen-bond acceptors (Lipinski definition) is 4. The number of methoxy groups -OCH3 is 1. The molecule has 2 heterocycles. The van der Waals surface area contributed by atoms with Gasteiger partial charge in [-0.3, -0.25) is 9.59 Å². The van der Waals surface area contributed by atoms with Crippen molar-refractivity contribution < 1.29 is 13.9 Å². The van der Waals surface area contributed by atoms with Gasteiger partial charge in [-0.25, -0.2) is 0 Å². The van der Waals surface area contributed by atoms with Crippen molar-refractivity contribution in [2.24, 2.45) is 0 Å². The molecule has 1 atom stereocenters. The molecular formula is C21H18BrNO4. The van der Waals surface area contributed by atoms with Crippen LogP contribution in [0.5, 0.6) is 0 Å². The molecule has 3 aromatic rings. The molecule has 0 fully saturated rings. The number of rotatable bonds is 4. The van der Waals surface area contributed by atoms with E-state index in [-0.39, 0.29) is 17.1 Å². The number of ether oxygens (including phenoxy) is 1. The summed E-state index contributed by atoms with van der Waals surface area (Å²) in [7, 11) is 1.59. The van der Waals surface area contributed by atoms with E-state index in [1.807, 2.05) is 43.3 Å². The first-order chi connectivity index (χ1) is 13.0. The summed E-state index contributed by atoms with van der Waals surface area (Å²) in [6, 6.07) is 12.6. The summed E-state index contributed by atoms with van der Waals surface area (Å²) >= 11 is 3.43. The molecule has 5 nitrogen and oxygen atoms in total. The van der Waals surface area contributed by atoms with E-state index in [0.29, 0.717) is 29.7 Å². The molecule has 1 amide bonds. The molecule has 0 saturated heterocycles. The minimum atomic E-state index is -0.489. The van der Waals surface area contributed by atoms with Crippen molar-refractivity contribution in [1.29, 1.82) is 0 Å². The third kappa shape index (κ3) is 2.99. The molecule has 1 aliphatic heterocycles. The molecule has 1 aromatic heterocycles. The van der Waals surface area contributed by atoms with Crippen LogP contribution >= 0.6 is 15.9 Å². The van der Waals surface area contributed by atoms with Crippen LogP contribution in [0.25, 0.3) is 11.0 Å². The van der Waals surface area contributed by atoms with Crippen LogP contribution in [0.1, 0.15) is 33.3 Å². The highest BCUT2D eigenvalue weighted by Crippen LogP contribution is 2.38. The fourth-order valence-corrected chi connectivity index (χ4v) is 3.81. The van der Waals surface area contributed by atoms with Crippen LogP contribution in [-0.2, 0) is 4.74 Å². The molecule has 1 unspecified atom stereocenters. The minimum absolute atomic E-state index is 0.125. The lowest BCUT2D eigenvalue weighted by molar-refractivity contribution is 0.0663. The molecular weight excluding hydrogens is 410 g/mol. The van der Waals surface area contributed by atoms with E-state index in [2.05, 4.69) is 15.9 Å². The third-order valence-electron chi connectivity index (χ3n) is 4.84. The number of benzene rings is 2. The maximum Gasteiger partial charge on any atom is 0.290 e. The smallest absolute Gasteiger partial charge is 0.290 e. The molecule has 0 bridgehead atoms. The Hall–Kier alpha value is -2.44. The predicted octanol–water partition coefficient (Wildman–Crippen LogP) is 4.06. The van der Waals surface area contributed by atoms with Crippen molar-refractivity contribution in [2.75, 3.05) is 20.3 Å². The van der Waals surface area contributed by atoms with Gasteiger partial charge in [0.25, 0.3) is 5.91 Å². The number of halogens is 1. The Balaban J connectivity index is 1.97. The Bertz CT molecular complexity index is 1090. The fourth-order valence-electron chi connectivity index (χ4n) is 3.55. The zero-order valence-corrected chi connectivity index (χ0v) is 16.6. The molecule has 6 heteroatoms. The lowest BCUT2D eigenvalue weighted by Crippen LogP contribution is -2.32. The number of nitrogens with zero attached hydrogens (tertiary/aromatic N) is 1. The van der Waals surface area contributed by atoms with Crippen molar-refractivity contribution in [2.45, 2.75) is 13.0 Å². The highest BCUT2D eigenvalue weighted by atomic mass is 79.9. The molecule has 27 heavy (non-hydrogen) atoms. The summed E-state index contributed by atoms with van der Waals surface area (Å²) in [4.78, 5) is 28.0. The lowest BCUT2D eigenvalue weighted by Gasteiger charge is -2.24. The molecule has 1 aliphatic rings. The van der Waals surface area contributed by atoms with Crippen LogP contribution in [0.3, 0.4) is 0 Å². The van der Waals surface area contributed by atoms with E-state index in [1.54, 1.807) is 18.1 Å². The normalized spacial score (nSPS) is 16.2. The third-order valence-corrected chi connectivity index (χ3v) is 5.37. The Morgan fingerprint density at radius 1 is 1.15 bits per heavy atom. The van der Waals surface area contributed by atoms with Crippen LogP contribution in [0.15, 0.2) is 56.1 Å². The fraction of sp³-hybridized carbons (Fsp3) is 0.238. The molecule has 0 N–H and O–H groups in total. The zero-order chi connectivity index (χ0) is 19.1. The van der Waals surface area contributed by atoms with Crippen LogP contribution < -0.4 is 5.43 Å². The molecule has 4 rings (SSSR count).